The van der Waals surface area contributed by atoms with E-state index in [4.69, 9.17) is 5.26 Å². The lowest BCUT2D eigenvalue weighted by atomic mass is 9.94. The molecule has 2 N–H and O–H groups in total. The van der Waals surface area contributed by atoms with Gasteiger partial charge in [-0.2, -0.15) is 5.26 Å². The summed E-state index contributed by atoms with van der Waals surface area (Å²) < 4.78 is 1.74. The lowest BCUT2D eigenvalue weighted by molar-refractivity contribution is -0.133. The molecular weight excluding hydrogens is 320 g/mol. The predicted octanol–water partition coefficient (Wildman–Crippen LogP) is 2.07. The number of aromatic nitrogens is 4. The molecule has 1 aliphatic rings. The van der Waals surface area contributed by atoms with Gasteiger partial charge >= 0.3 is 5.97 Å². The van der Waals surface area contributed by atoms with Gasteiger partial charge in [0, 0.05) is 5.70 Å². The van der Waals surface area contributed by atoms with Gasteiger partial charge in [0.1, 0.15) is 11.8 Å². The molecule has 0 fully saturated rings. The normalized spacial score (nSPS) is 16.2. The Morgan fingerprint density at radius 3 is 2.80 bits per heavy atom. The van der Waals surface area contributed by atoms with E-state index in [1.54, 1.807) is 42.0 Å². The fraction of sp³-hybridized carbons (Fsp3) is 0.118. The number of aliphatic carboxylic acids is 1. The van der Waals surface area contributed by atoms with Crippen LogP contribution in [0.25, 0.3) is 11.2 Å². The first-order valence-corrected chi connectivity index (χ1v) is 7.49. The lowest BCUT2D eigenvalue weighted by Crippen LogP contribution is -2.28. The Labute approximate surface area is 142 Å². The zero-order valence-electron chi connectivity index (χ0n) is 13.1. The third-order valence-electron chi connectivity index (χ3n) is 4.18. The van der Waals surface area contributed by atoms with Crippen LogP contribution in [-0.4, -0.2) is 30.6 Å². The quantitative estimate of drug-likeness (QED) is 0.737. The second-order valence-corrected chi connectivity index (χ2v) is 5.64. The summed E-state index contributed by atoms with van der Waals surface area (Å²) >= 11 is 0. The summed E-state index contributed by atoms with van der Waals surface area (Å²) in [6.45, 7) is 1.70. The summed E-state index contributed by atoms with van der Waals surface area (Å²) in [5.74, 6) is -0.520. The number of hydrogen-bond acceptors (Lipinski definition) is 6. The van der Waals surface area contributed by atoms with Crippen molar-refractivity contribution in [2.24, 2.45) is 0 Å². The Kier molecular flexibility index (Phi) is 3.22. The highest BCUT2D eigenvalue weighted by Gasteiger charge is 2.34. The molecule has 0 spiro atoms. The van der Waals surface area contributed by atoms with Gasteiger partial charge in [-0.05, 0) is 24.6 Å². The highest BCUT2D eigenvalue weighted by Crippen LogP contribution is 2.38. The predicted molar refractivity (Wildman–Crippen MR) is 88.6 cm³/mol. The molecule has 8 nitrogen and oxygen atoms in total. The molecule has 0 bridgehead atoms. The van der Waals surface area contributed by atoms with E-state index in [1.165, 1.54) is 6.33 Å². The molecule has 2 aromatic heterocycles. The Bertz CT molecular complexity index is 1070. The van der Waals surface area contributed by atoms with Crippen LogP contribution in [0.2, 0.25) is 0 Å². The molecule has 0 radical (unpaired) electrons. The van der Waals surface area contributed by atoms with Gasteiger partial charge in [0.05, 0.1) is 29.4 Å². The van der Waals surface area contributed by atoms with Gasteiger partial charge in [-0.25, -0.2) is 19.7 Å². The van der Waals surface area contributed by atoms with Crippen LogP contribution in [0.1, 0.15) is 24.1 Å². The number of nitrogens with zero attached hydrogens (tertiary/aromatic N) is 5. The van der Waals surface area contributed by atoms with E-state index >= 15 is 0 Å². The number of benzene rings is 1. The van der Waals surface area contributed by atoms with Crippen LogP contribution in [0.15, 0.2) is 48.1 Å². The van der Waals surface area contributed by atoms with Crippen LogP contribution in [0.4, 0.5) is 5.95 Å². The van der Waals surface area contributed by atoms with E-state index < -0.39 is 12.0 Å². The highest BCUT2D eigenvalue weighted by atomic mass is 16.4. The van der Waals surface area contributed by atoms with Crippen LogP contribution in [0.5, 0.6) is 0 Å². The van der Waals surface area contributed by atoms with E-state index in [1.807, 2.05) is 0 Å². The number of carbonyl (C=O) groups is 1. The zero-order chi connectivity index (χ0) is 17.6. The summed E-state index contributed by atoms with van der Waals surface area (Å²) in [5, 5.41) is 21.8. The third-order valence-corrected chi connectivity index (χ3v) is 4.18. The largest absolute Gasteiger partial charge is 0.478 e. The van der Waals surface area contributed by atoms with Crippen molar-refractivity contribution in [3.8, 4) is 6.07 Å². The van der Waals surface area contributed by atoms with Crippen molar-refractivity contribution in [3.05, 3.63) is 59.2 Å². The number of anilines is 1. The van der Waals surface area contributed by atoms with Gasteiger partial charge in [-0.1, -0.05) is 12.1 Å². The molecule has 0 aliphatic carbocycles. The SMILES string of the molecule is CC1=C(C(=O)O)C(c2ccc(C#N)cc2)n2c(nc3cncnc32)N1. The van der Waals surface area contributed by atoms with Gasteiger partial charge in [-0.3, -0.25) is 4.57 Å². The molecule has 0 amide bonds. The summed E-state index contributed by atoms with van der Waals surface area (Å²) in [7, 11) is 0. The fourth-order valence-corrected chi connectivity index (χ4v) is 3.08. The molecule has 1 atom stereocenters. The van der Waals surface area contributed by atoms with E-state index in [-0.39, 0.29) is 5.57 Å². The monoisotopic (exact) mass is 332 g/mol. The number of rotatable bonds is 2. The Morgan fingerprint density at radius 1 is 1.36 bits per heavy atom. The molecule has 4 rings (SSSR count). The summed E-state index contributed by atoms with van der Waals surface area (Å²) in [4.78, 5) is 24.6. The minimum Gasteiger partial charge on any atom is -0.478 e. The Morgan fingerprint density at radius 2 is 2.12 bits per heavy atom. The van der Waals surface area contributed by atoms with Crippen molar-refractivity contribution in [1.29, 1.82) is 5.26 Å². The number of nitrogens with one attached hydrogen (secondary N) is 1. The van der Waals surface area contributed by atoms with Gasteiger partial charge in [-0.15, -0.1) is 0 Å². The van der Waals surface area contributed by atoms with Crippen molar-refractivity contribution in [1.82, 2.24) is 19.5 Å². The zero-order valence-corrected chi connectivity index (χ0v) is 13.1. The van der Waals surface area contributed by atoms with Crippen LogP contribution in [0, 0.1) is 11.3 Å². The molecule has 1 aliphatic heterocycles. The van der Waals surface area contributed by atoms with Crippen LogP contribution in [-0.2, 0) is 4.79 Å². The van der Waals surface area contributed by atoms with Crippen molar-refractivity contribution in [2.75, 3.05) is 5.32 Å². The molecule has 0 saturated carbocycles. The molecule has 1 aromatic carbocycles. The number of allylic oxidation sites excluding steroid dienone is 1. The number of fused-ring (bicyclic) bond motifs is 3. The molecule has 25 heavy (non-hydrogen) atoms. The number of imidazole rings is 1. The summed E-state index contributed by atoms with van der Waals surface area (Å²) in [6, 6.07) is 8.29. The highest BCUT2D eigenvalue weighted by molar-refractivity contribution is 5.92. The van der Waals surface area contributed by atoms with Crippen molar-refractivity contribution >= 4 is 23.1 Å². The minimum absolute atomic E-state index is 0.204. The fourth-order valence-electron chi connectivity index (χ4n) is 3.08. The minimum atomic E-state index is -1.03. The molecule has 122 valence electrons. The summed E-state index contributed by atoms with van der Waals surface area (Å²) in [5.41, 5.74) is 3.07. The molecular formula is C17H12N6O2. The number of carboxylic acids is 1. The van der Waals surface area contributed by atoms with Gasteiger partial charge in [0.25, 0.3) is 0 Å². The van der Waals surface area contributed by atoms with Gasteiger partial charge in [0.2, 0.25) is 5.95 Å². The lowest BCUT2D eigenvalue weighted by Gasteiger charge is -2.28. The maximum Gasteiger partial charge on any atom is 0.335 e. The molecule has 8 heteroatoms. The number of hydrogen-bond donors (Lipinski definition) is 2. The topological polar surface area (TPSA) is 117 Å². The third kappa shape index (κ3) is 2.21. The Balaban J connectivity index is 2.00. The molecule has 3 aromatic rings. The standard InChI is InChI=1S/C17H12N6O2/c1-9-13(16(24)25)14(11-4-2-10(6-18)3-5-11)23-15-12(7-19-8-20-15)22-17(23)21-9/h2-5,7-8,14H,1H3,(H,21,22)(H,24,25). The van der Waals surface area contributed by atoms with Crippen LogP contribution >= 0.6 is 0 Å². The number of nitriles is 1. The smallest absolute Gasteiger partial charge is 0.335 e. The maximum absolute atomic E-state index is 11.9. The van der Waals surface area contributed by atoms with Gasteiger partial charge in [0.15, 0.2) is 5.65 Å². The average molecular weight is 332 g/mol. The molecule has 1 unspecified atom stereocenters. The first kappa shape index (κ1) is 14.8. The van der Waals surface area contributed by atoms with Crippen molar-refractivity contribution < 1.29 is 9.90 Å². The Hall–Kier alpha value is -3.73. The first-order chi connectivity index (χ1) is 12.1. The van der Waals surface area contributed by atoms with Crippen molar-refractivity contribution in [2.45, 2.75) is 13.0 Å². The van der Waals surface area contributed by atoms with Crippen LogP contribution < -0.4 is 5.32 Å². The second-order valence-electron chi connectivity index (χ2n) is 5.64. The van der Waals surface area contributed by atoms with Gasteiger partial charge < -0.3 is 10.4 Å². The summed E-state index contributed by atoms with van der Waals surface area (Å²) in [6.07, 6.45) is 2.99. The molecule has 0 saturated heterocycles. The first-order valence-electron chi connectivity index (χ1n) is 7.49. The molecule has 3 heterocycles. The van der Waals surface area contributed by atoms with E-state index in [9.17, 15) is 9.90 Å². The van der Waals surface area contributed by atoms with E-state index in [0.717, 1.165) is 5.56 Å². The van der Waals surface area contributed by atoms with Crippen LogP contribution in [0.3, 0.4) is 0 Å². The van der Waals surface area contributed by atoms with E-state index in [0.29, 0.717) is 28.4 Å². The number of carboxylic acid groups (broad SMARTS) is 1. The second kappa shape index (κ2) is 5.42. The van der Waals surface area contributed by atoms with E-state index in [2.05, 4.69) is 26.3 Å². The van der Waals surface area contributed by atoms with Crippen molar-refractivity contribution in [3.63, 3.8) is 0 Å². The average Bonchev–Trinajstić information content (AvgIpc) is 2.98. The maximum atomic E-state index is 11.9.